The number of nitro groups is 1. The van der Waals surface area contributed by atoms with Crippen molar-refractivity contribution in [1.29, 1.82) is 0 Å². The second-order valence-corrected chi connectivity index (χ2v) is 8.42. The van der Waals surface area contributed by atoms with Crippen molar-refractivity contribution in [2.45, 2.75) is 17.2 Å². The Labute approximate surface area is 122 Å². The van der Waals surface area contributed by atoms with Crippen LogP contribution in [0.15, 0.2) is 10.3 Å². The molecular weight excluding hydrogens is 328 g/mol. The Kier molecular flexibility index (Phi) is 5.59. The standard InChI is InChI=1S/C8H14N4O5S3/c1-5(4-19(2)15)11-20(16,17)7-3-6(12(13)14)8(10-9)18-7/h3,5,10-11H,4,9H2,1-2H3. The maximum Gasteiger partial charge on any atom is 0.306 e. The molecule has 1 aromatic heterocycles. The van der Waals surface area contributed by atoms with Crippen LogP contribution < -0.4 is 16.0 Å². The van der Waals surface area contributed by atoms with Crippen molar-refractivity contribution in [3.63, 3.8) is 0 Å². The van der Waals surface area contributed by atoms with Gasteiger partial charge >= 0.3 is 5.69 Å². The van der Waals surface area contributed by atoms with Crippen molar-refractivity contribution in [3.05, 3.63) is 16.2 Å². The van der Waals surface area contributed by atoms with E-state index in [1.165, 1.54) is 6.26 Å². The van der Waals surface area contributed by atoms with Gasteiger partial charge in [0.2, 0.25) is 0 Å². The summed E-state index contributed by atoms with van der Waals surface area (Å²) < 4.78 is 37.2. The number of sulfonamides is 1. The van der Waals surface area contributed by atoms with Gasteiger partial charge in [-0.1, -0.05) is 11.3 Å². The number of anilines is 1. The van der Waals surface area contributed by atoms with Crippen molar-refractivity contribution in [2.24, 2.45) is 5.84 Å². The van der Waals surface area contributed by atoms with Crippen molar-refractivity contribution >= 4 is 42.8 Å². The van der Waals surface area contributed by atoms with E-state index >= 15 is 0 Å². The zero-order chi connectivity index (χ0) is 15.5. The van der Waals surface area contributed by atoms with Gasteiger partial charge in [0, 0.05) is 34.9 Å². The lowest BCUT2D eigenvalue weighted by molar-refractivity contribution is -0.383. The van der Waals surface area contributed by atoms with E-state index in [1.54, 1.807) is 6.92 Å². The predicted octanol–water partition coefficient (Wildman–Crippen LogP) is -0.0128. The summed E-state index contributed by atoms with van der Waals surface area (Å²) in [5.74, 6) is 5.26. The van der Waals surface area contributed by atoms with Gasteiger partial charge in [0.05, 0.1) is 4.92 Å². The summed E-state index contributed by atoms with van der Waals surface area (Å²) in [6, 6.07) is 0.374. The highest BCUT2D eigenvalue weighted by atomic mass is 32.2. The number of nitrogen functional groups attached to an aromatic ring is 1. The molecule has 1 rings (SSSR count). The third kappa shape index (κ3) is 4.21. The number of hydrazine groups is 1. The molecular formula is C8H14N4O5S3. The highest BCUT2D eigenvalue weighted by molar-refractivity contribution is 7.91. The predicted molar refractivity (Wildman–Crippen MR) is 77.5 cm³/mol. The Balaban J connectivity index is 3.04. The van der Waals surface area contributed by atoms with E-state index in [0.29, 0.717) is 11.3 Å². The zero-order valence-corrected chi connectivity index (χ0v) is 13.1. The number of rotatable bonds is 7. The number of nitrogens with zero attached hydrogens (tertiary/aromatic N) is 1. The fraction of sp³-hybridized carbons (Fsp3) is 0.500. The molecule has 0 radical (unpaired) electrons. The minimum Gasteiger partial charge on any atom is -0.310 e. The first-order valence-electron chi connectivity index (χ1n) is 5.24. The molecule has 2 atom stereocenters. The molecule has 0 aliphatic carbocycles. The van der Waals surface area contributed by atoms with Gasteiger partial charge in [-0.15, -0.1) is 0 Å². The molecule has 0 bridgehead atoms. The van der Waals surface area contributed by atoms with E-state index in [9.17, 15) is 22.7 Å². The first-order chi connectivity index (χ1) is 9.17. The average Bonchev–Trinajstić information content (AvgIpc) is 2.71. The Morgan fingerprint density at radius 3 is 2.60 bits per heavy atom. The Morgan fingerprint density at radius 2 is 2.20 bits per heavy atom. The SMILES string of the molecule is CC(CS(C)=O)NS(=O)(=O)c1cc([N+](=O)[O-])c(NN)s1. The molecule has 0 amide bonds. The lowest BCUT2D eigenvalue weighted by Gasteiger charge is -2.11. The van der Waals surface area contributed by atoms with Crippen molar-refractivity contribution < 1.29 is 17.6 Å². The van der Waals surface area contributed by atoms with Crippen LogP contribution >= 0.6 is 11.3 Å². The van der Waals surface area contributed by atoms with Crippen molar-refractivity contribution in [2.75, 3.05) is 17.4 Å². The molecule has 2 unspecified atom stereocenters. The molecule has 12 heteroatoms. The fourth-order valence-electron chi connectivity index (χ4n) is 1.44. The zero-order valence-electron chi connectivity index (χ0n) is 10.7. The Hall–Kier alpha value is -1.08. The average molecular weight is 342 g/mol. The second kappa shape index (κ2) is 6.58. The first kappa shape index (κ1) is 17.0. The summed E-state index contributed by atoms with van der Waals surface area (Å²) in [4.78, 5) is 10.0. The van der Waals surface area contributed by atoms with Crippen LogP contribution in [0, 0.1) is 10.1 Å². The quantitative estimate of drug-likeness (QED) is 0.359. The van der Waals surface area contributed by atoms with E-state index in [1.807, 2.05) is 0 Å². The van der Waals surface area contributed by atoms with E-state index in [0.717, 1.165) is 6.07 Å². The van der Waals surface area contributed by atoms with Gasteiger partial charge in [-0.05, 0) is 6.92 Å². The van der Waals surface area contributed by atoms with Crippen molar-refractivity contribution in [3.8, 4) is 0 Å². The first-order valence-corrected chi connectivity index (χ1v) is 9.27. The van der Waals surface area contributed by atoms with Crippen LogP contribution in [0.5, 0.6) is 0 Å². The largest absolute Gasteiger partial charge is 0.310 e. The van der Waals surface area contributed by atoms with Gasteiger partial charge in [-0.3, -0.25) is 14.3 Å². The maximum absolute atomic E-state index is 12.0. The van der Waals surface area contributed by atoms with Crippen LogP contribution in [0.3, 0.4) is 0 Å². The van der Waals surface area contributed by atoms with Crippen LogP contribution in [0.25, 0.3) is 0 Å². The Morgan fingerprint density at radius 1 is 1.60 bits per heavy atom. The third-order valence-corrected chi connectivity index (χ3v) is 6.21. The molecule has 20 heavy (non-hydrogen) atoms. The molecule has 0 spiro atoms. The van der Waals surface area contributed by atoms with Gasteiger partial charge in [-0.25, -0.2) is 19.0 Å². The molecule has 114 valence electrons. The van der Waals surface area contributed by atoms with Crippen LogP contribution in [-0.2, 0) is 20.8 Å². The fourth-order valence-corrected chi connectivity index (χ4v) is 4.83. The lowest BCUT2D eigenvalue weighted by atomic mass is 10.4. The topological polar surface area (TPSA) is 144 Å². The van der Waals surface area contributed by atoms with Crippen LogP contribution in [0.4, 0.5) is 10.7 Å². The van der Waals surface area contributed by atoms with Gasteiger partial charge in [-0.2, -0.15) is 0 Å². The summed E-state index contributed by atoms with van der Waals surface area (Å²) in [7, 11) is -5.08. The normalized spacial score (nSPS) is 14.8. The minimum absolute atomic E-state index is 0.0536. The van der Waals surface area contributed by atoms with Gasteiger partial charge in [0.25, 0.3) is 10.0 Å². The number of nitrogens with one attached hydrogen (secondary N) is 2. The minimum atomic E-state index is -3.92. The van der Waals surface area contributed by atoms with Crippen molar-refractivity contribution in [1.82, 2.24) is 4.72 Å². The van der Waals surface area contributed by atoms with E-state index in [-0.39, 0.29) is 15.0 Å². The highest BCUT2D eigenvalue weighted by Crippen LogP contribution is 2.36. The number of hydrogen-bond acceptors (Lipinski definition) is 8. The molecule has 4 N–H and O–H groups in total. The molecule has 0 saturated heterocycles. The molecule has 0 saturated carbocycles. The summed E-state index contributed by atoms with van der Waals surface area (Å²) >= 11 is 0.652. The molecule has 0 aliphatic rings. The molecule has 0 aliphatic heterocycles. The maximum atomic E-state index is 12.0. The van der Waals surface area contributed by atoms with E-state index < -0.39 is 37.5 Å². The van der Waals surface area contributed by atoms with Crippen LogP contribution in [0.2, 0.25) is 0 Å². The number of thiophene rings is 1. The molecule has 1 heterocycles. The molecule has 0 fully saturated rings. The Bertz CT molecular complexity index is 626. The molecule has 9 nitrogen and oxygen atoms in total. The summed E-state index contributed by atoms with van der Waals surface area (Å²) in [6.45, 7) is 1.56. The second-order valence-electron chi connectivity index (χ2n) is 3.94. The summed E-state index contributed by atoms with van der Waals surface area (Å²) in [5.41, 5.74) is 1.68. The van der Waals surface area contributed by atoms with Crippen LogP contribution in [0.1, 0.15) is 6.92 Å². The van der Waals surface area contributed by atoms with Gasteiger partial charge in [0.15, 0.2) is 5.00 Å². The smallest absolute Gasteiger partial charge is 0.306 e. The lowest BCUT2D eigenvalue weighted by Crippen LogP contribution is -2.35. The van der Waals surface area contributed by atoms with E-state index in [4.69, 9.17) is 5.84 Å². The van der Waals surface area contributed by atoms with E-state index in [2.05, 4.69) is 10.1 Å². The van der Waals surface area contributed by atoms with Gasteiger partial charge in [0.1, 0.15) is 4.21 Å². The van der Waals surface area contributed by atoms with Crippen LogP contribution in [-0.4, -0.2) is 35.6 Å². The third-order valence-electron chi connectivity index (χ3n) is 2.12. The highest BCUT2D eigenvalue weighted by Gasteiger charge is 2.27. The summed E-state index contributed by atoms with van der Waals surface area (Å²) in [5, 5.41) is 10.7. The summed E-state index contributed by atoms with van der Waals surface area (Å²) in [6.07, 6.45) is 1.46. The number of nitrogens with two attached hydrogens (primary N) is 1. The molecule has 1 aromatic rings. The monoisotopic (exact) mass is 342 g/mol. The molecule has 0 aromatic carbocycles. The number of hydrogen-bond donors (Lipinski definition) is 3. The van der Waals surface area contributed by atoms with Gasteiger partial charge < -0.3 is 5.43 Å².